The molecule has 1 saturated carbocycles. The number of carbonyl (C=O) groups excluding carboxylic acids is 3. The summed E-state index contributed by atoms with van der Waals surface area (Å²) in [5.41, 5.74) is 3.04. The zero-order valence-corrected chi connectivity index (χ0v) is 34.1. The monoisotopic (exact) mass is 836 g/mol. The molecule has 286 valence electrons. The van der Waals surface area contributed by atoms with Crippen LogP contribution in [0.5, 0.6) is 17.2 Å². The smallest absolute Gasteiger partial charge is 0.223 e. The van der Waals surface area contributed by atoms with E-state index in [9.17, 15) is 19.5 Å². The van der Waals surface area contributed by atoms with Crippen molar-refractivity contribution in [3.05, 3.63) is 99.6 Å². The van der Waals surface area contributed by atoms with Crippen molar-refractivity contribution in [2.24, 2.45) is 41.4 Å². The second kappa shape index (κ2) is 20.7. The first-order valence-electron chi connectivity index (χ1n) is 18.8. The Morgan fingerprint density at radius 1 is 1.02 bits per heavy atom. The van der Waals surface area contributed by atoms with Gasteiger partial charge in [0.15, 0.2) is 11.5 Å². The van der Waals surface area contributed by atoms with Crippen molar-refractivity contribution in [2.75, 3.05) is 27.3 Å². The lowest BCUT2D eigenvalue weighted by Crippen LogP contribution is -2.39. The topological polar surface area (TPSA) is 114 Å². The lowest BCUT2D eigenvalue weighted by Gasteiger charge is -2.38. The van der Waals surface area contributed by atoms with Crippen LogP contribution in [0.15, 0.2) is 79.4 Å². The van der Waals surface area contributed by atoms with Gasteiger partial charge in [-0.1, -0.05) is 63.2 Å². The standard InChI is InChI=1S/C44H57IN2O6/c1-7-22-46-27-37(49)25-39-30(4)40(23-31-16-20-36(48)21-17-31)42(50)34(12-8-10-33-11-9-13-41(52-5)43(33)53-6)24-38(39)28(2)29(3)44(51)47-26-32-14-18-35(45)19-15-32/h7,9,11,13-21,28-30,34,38-40,46,48H,1,8,10,12,22-27H2,2-6H3,(H,47,51)/t28?,29?,30?,34?,38?,39?,40-/m1/s1. The van der Waals surface area contributed by atoms with Gasteiger partial charge >= 0.3 is 0 Å². The Morgan fingerprint density at radius 2 is 1.72 bits per heavy atom. The Balaban J connectivity index is 1.66. The van der Waals surface area contributed by atoms with Crippen molar-refractivity contribution in [1.82, 2.24) is 10.6 Å². The summed E-state index contributed by atoms with van der Waals surface area (Å²) in [4.78, 5) is 42.2. The number of aryl methyl sites for hydroxylation is 1. The van der Waals surface area contributed by atoms with Crippen LogP contribution >= 0.6 is 22.6 Å². The minimum Gasteiger partial charge on any atom is -0.508 e. The number of phenolic OH excluding ortho intramolecular Hbond substituents is 1. The molecule has 0 aromatic heterocycles. The van der Waals surface area contributed by atoms with E-state index in [0.29, 0.717) is 50.3 Å². The van der Waals surface area contributed by atoms with E-state index in [-0.39, 0.29) is 71.2 Å². The van der Waals surface area contributed by atoms with Crippen LogP contribution in [0.4, 0.5) is 0 Å². The summed E-state index contributed by atoms with van der Waals surface area (Å²) in [5, 5.41) is 16.3. The zero-order chi connectivity index (χ0) is 38.5. The minimum atomic E-state index is -0.335. The number of phenols is 1. The number of amides is 1. The largest absolute Gasteiger partial charge is 0.508 e. The maximum atomic E-state index is 14.8. The average Bonchev–Trinajstić information content (AvgIpc) is 3.25. The van der Waals surface area contributed by atoms with Crippen molar-refractivity contribution in [1.29, 1.82) is 0 Å². The van der Waals surface area contributed by atoms with Crippen LogP contribution in [0.1, 0.15) is 63.1 Å². The number of rotatable bonds is 19. The Hall–Kier alpha value is -3.70. The van der Waals surface area contributed by atoms with Gasteiger partial charge in [0.25, 0.3) is 0 Å². The van der Waals surface area contributed by atoms with Crippen LogP contribution < -0.4 is 20.1 Å². The number of nitrogens with one attached hydrogen (secondary N) is 2. The summed E-state index contributed by atoms with van der Waals surface area (Å²) < 4.78 is 12.4. The average molecular weight is 837 g/mol. The Kier molecular flexibility index (Phi) is 16.4. The Bertz CT molecular complexity index is 1660. The number of methoxy groups -OCH3 is 2. The first-order valence-corrected chi connectivity index (χ1v) is 19.9. The fourth-order valence-electron chi connectivity index (χ4n) is 8.14. The molecule has 3 aromatic carbocycles. The van der Waals surface area contributed by atoms with Gasteiger partial charge in [-0.15, -0.1) is 6.58 Å². The molecule has 8 nitrogen and oxygen atoms in total. The molecule has 7 atom stereocenters. The molecule has 1 aliphatic rings. The SMILES string of the molecule is C=CCNCC(=O)CC1C(C(C)C(C)C(=O)NCc2ccc(I)cc2)CC(CCCc2cccc(OC)c2OC)C(=O)[C@H](Cc2ccc(O)cc2)C1C. The van der Waals surface area contributed by atoms with Gasteiger partial charge in [-0.05, 0) is 125 Å². The third kappa shape index (κ3) is 11.6. The first kappa shape index (κ1) is 42.0. The molecular weight excluding hydrogens is 779 g/mol. The number of ether oxygens (including phenoxy) is 2. The zero-order valence-electron chi connectivity index (χ0n) is 31.9. The summed E-state index contributed by atoms with van der Waals surface area (Å²) in [6.07, 6.45) is 5.35. The number of Topliss-reactive ketones (excluding diaryl/α,β-unsaturated/α-hetero) is 2. The van der Waals surface area contributed by atoms with Crippen LogP contribution in [-0.4, -0.2) is 49.9 Å². The molecular formula is C44H57IN2O6. The van der Waals surface area contributed by atoms with Crippen LogP contribution in [0, 0.1) is 45.0 Å². The van der Waals surface area contributed by atoms with Gasteiger partial charge in [0.2, 0.25) is 5.91 Å². The first-order chi connectivity index (χ1) is 25.5. The van der Waals surface area contributed by atoms with Crippen LogP contribution in [0.3, 0.4) is 0 Å². The highest BCUT2D eigenvalue weighted by Gasteiger charge is 2.46. The maximum absolute atomic E-state index is 14.8. The van der Waals surface area contributed by atoms with Crippen molar-refractivity contribution >= 4 is 40.1 Å². The van der Waals surface area contributed by atoms with E-state index in [4.69, 9.17) is 9.47 Å². The molecule has 0 bridgehead atoms. The van der Waals surface area contributed by atoms with E-state index in [0.717, 1.165) is 33.1 Å². The van der Waals surface area contributed by atoms with Gasteiger partial charge in [0.1, 0.15) is 17.3 Å². The van der Waals surface area contributed by atoms with Gasteiger partial charge in [-0.2, -0.15) is 0 Å². The summed E-state index contributed by atoms with van der Waals surface area (Å²) in [7, 11) is 3.27. The predicted octanol–water partition coefficient (Wildman–Crippen LogP) is 7.98. The number of carbonyl (C=O) groups is 3. The molecule has 0 spiro atoms. The molecule has 1 amide bonds. The molecule has 0 aliphatic heterocycles. The molecule has 9 heteroatoms. The van der Waals surface area contributed by atoms with E-state index in [1.54, 1.807) is 32.4 Å². The van der Waals surface area contributed by atoms with E-state index >= 15 is 0 Å². The molecule has 1 fully saturated rings. The van der Waals surface area contributed by atoms with Crippen LogP contribution in [0.25, 0.3) is 0 Å². The summed E-state index contributed by atoms with van der Waals surface area (Å²) in [5.74, 6) is 0.593. The third-order valence-electron chi connectivity index (χ3n) is 11.4. The Morgan fingerprint density at radius 3 is 2.38 bits per heavy atom. The molecule has 3 N–H and O–H groups in total. The van der Waals surface area contributed by atoms with Gasteiger partial charge < -0.3 is 25.2 Å². The highest BCUT2D eigenvalue weighted by molar-refractivity contribution is 14.1. The van der Waals surface area contributed by atoms with Crippen molar-refractivity contribution in [3.63, 3.8) is 0 Å². The Labute approximate surface area is 329 Å². The van der Waals surface area contributed by atoms with Gasteiger partial charge in [0, 0.05) is 40.8 Å². The van der Waals surface area contributed by atoms with Gasteiger partial charge in [-0.3, -0.25) is 14.4 Å². The van der Waals surface area contributed by atoms with E-state index in [1.165, 1.54) is 0 Å². The van der Waals surface area contributed by atoms with E-state index < -0.39 is 0 Å². The number of halogens is 1. The highest BCUT2D eigenvalue weighted by atomic mass is 127. The van der Waals surface area contributed by atoms with E-state index in [2.05, 4.69) is 53.7 Å². The van der Waals surface area contributed by atoms with Crippen molar-refractivity contribution in [3.8, 4) is 17.2 Å². The normalized spacial score (nSPS) is 21.2. The van der Waals surface area contributed by atoms with Crippen LogP contribution in [-0.2, 0) is 33.8 Å². The van der Waals surface area contributed by atoms with Gasteiger partial charge in [0.05, 0.1) is 20.8 Å². The maximum Gasteiger partial charge on any atom is 0.223 e. The third-order valence-corrected chi connectivity index (χ3v) is 12.1. The second-order valence-corrected chi connectivity index (χ2v) is 15.9. The fraction of sp³-hybridized carbons (Fsp3) is 0.477. The molecule has 4 rings (SSSR count). The highest BCUT2D eigenvalue weighted by Crippen LogP contribution is 2.47. The fourth-order valence-corrected chi connectivity index (χ4v) is 8.50. The number of hydrogen-bond donors (Lipinski definition) is 3. The van der Waals surface area contributed by atoms with Crippen LogP contribution in [0.2, 0.25) is 0 Å². The number of aromatic hydroxyl groups is 1. The molecule has 3 aromatic rings. The molecule has 6 unspecified atom stereocenters. The molecule has 0 saturated heterocycles. The molecule has 1 aliphatic carbocycles. The molecule has 0 radical (unpaired) electrons. The summed E-state index contributed by atoms with van der Waals surface area (Å²) in [6, 6.07) is 21.1. The number of para-hydroxylation sites is 1. The second-order valence-electron chi connectivity index (χ2n) is 14.7. The molecule has 0 heterocycles. The lowest BCUT2D eigenvalue weighted by molar-refractivity contribution is -0.129. The quantitative estimate of drug-likeness (QED) is 0.0486. The van der Waals surface area contributed by atoms with Crippen molar-refractivity contribution < 1.29 is 29.0 Å². The summed E-state index contributed by atoms with van der Waals surface area (Å²) in [6.45, 7) is 11.2. The number of benzene rings is 3. The number of ketones is 2. The minimum absolute atomic E-state index is 0.0284. The number of hydrogen-bond acceptors (Lipinski definition) is 7. The predicted molar refractivity (Wildman–Crippen MR) is 219 cm³/mol. The van der Waals surface area contributed by atoms with Gasteiger partial charge in [-0.25, -0.2) is 0 Å². The summed E-state index contributed by atoms with van der Waals surface area (Å²) >= 11 is 2.27. The van der Waals surface area contributed by atoms with Crippen molar-refractivity contribution in [2.45, 2.75) is 65.8 Å². The van der Waals surface area contributed by atoms with E-state index in [1.807, 2.05) is 61.5 Å². The molecule has 53 heavy (non-hydrogen) atoms. The lowest BCUT2D eigenvalue weighted by atomic mass is 9.67.